The standard InChI is InChI=1S/C25H37NO5S2/c1-9-25(10-2,21-14-17(4)22(32-21)23(28)26-33(8,29)30)18-11-12-19(16(3)13-18)31-15-20(27)24(5,6)7/h11-14,20,27H,9-10,15H2,1-8H3,(H,26,28). The lowest BCUT2D eigenvalue weighted by molar-refractivity contribution is 0.0216. The van der Waals surface area contributed by atoms with Gasteiger partial charge in [-0.2, -0.15) is 0 Å². The van der Waals surface area contributed by atoms with Crippen molar-refractivity contribution < 1.29 is 23.1 Å². The first-order valence-electron chi connectivity index (χ1n) is 11.2. The van der Waals surface area contributed by atoms with Crippen LogP contribution in [0.3, 0.4) is 0 Å². The van der Waals surface area contributed by atoms with Crippen molar-refractivity contribution in [2.75, 3.05) is 12.9 Å². The van der Waals surface area contributed by atoms with Gasteiger partial charge in [-0.15, -0.1) is 11.3 Å². The quantitative estimate of drug-likeness (QED) is 0.514. The molecule has 2 aromatic rings. The summed E-state index contributed by atoms with van der Waals surface area (Å²) in [6.07, 6.45) is 2.04. The van der Waals surface area contributed by atoms with Gasteiger partial charge in [-0.05, 0) is 60.9 Å². The molecule has 0 bridgehead atoms. The fourth-order valence-electron chi connectivity index (χ4n) is 3.83. The van der Waals surface area contributed by atoms with Crippen LogP contribution in [0.25, 0.3) is 0 Å². The van der Waals surface area contributed by atoms with Crippen molar-refractivity contribution in [2.24, 2.45) is 5.41 Å². The number of nitrogens with one attached hydrogen (secondary N) is 1. The van der Waals surface area contributed by atoms with E-state index in [0.29, 0.717) is 4.88 Å². The highest BCUT2D eigenvalue weighted by Gasteiger charge is 2.34. The summed E-state index contributed by atoms with van der Waals surface area (Å²) in [4.78, 5) is 14.0. The van der Waals surface area contributed by atoms with Gasteiger partial charge in [-0.25, -0.2) is 13.1 Å². The number of carbonyl (C=O) groups excluding carboxylic acids is 1. The van der Waals surface area contributed by atoms with Gasteiger partial charge < -0.3 is 9.84 Å². The predicted octanol–water partition coefficient (Wildman–Crippen LogP) is 4.95. The summed E-state index contributed by atoms with van der Waals surface area (Å²) in [5, 5.41) is 10.3. The maximum absolute atomic E-state index is 12.5. The number of aliphatic hydroxyl groups excluding tert-OH is 1. The number of amides is 1. The minimum atomic E-state index is -3.63. The molecule has 2 rings (SSSR count). The molecule has 0 saturated carbocycles. The highest BCUT2D eigenvalue weighted by atomic mass is 32.2. The Bertz CT molecular complexity index is 1090. The van der Waals surface area contributed by atoms with Gasteiger partial charge >= 0.3 is 0 Å². The molecule has 0 aliphatic heterocycles. The van der Waals surface area contributed by atoms with Crippen molar-refractivity contribution in [2.45, 2.75) is 72.8 Å². The van der Waals surface area contributed by atoms with Crippen LogP contribution >= 0.6 is 11.3 Å². The Morgan fingerprint density at radius 3 is 2.21 bits per heavy atom. The van der Waals surface area contributed by atoms with Crippen LogP contribution < -0.4 is 9.46 Å². The lowest BCUT2D eigenvalue weighted by Crippen LogP contribution is -2.32. The molecule has 8 heteroatoms. The number of ether oxygens (including phenoxy) is 1. The minimum absolute atomic E-state index is 0.222. The molecule has 1 unspecified atom stereocenters. The van der Waals surface area contributed by atoms with Crippen molar-refractivity contribution in [1.29, 1.82) is 0 Å². The van der Waals surface area contributed by atoms with Crippen molar-refractivity contribution >= 4 is 27.3 Å². The number of carbonyl (C=O) groups is 1. The first-order valence-corrected chi connectivity index (χ1v) is 13.9. The molecule has 0 fully saturated rings. The van der Waals surface area contributed by atoms with E-state index >= 15 is 0 Å². The third-order valence-corrected chi connectivity index (χ3v) is 8.20. The molecule has 0 aliphatic rings. The third kappa shape index (κ3) is 6.37. The fraction of sp³-hybridized carbons (Fsp3) is 0.560. The second-order valence-corrected chi connectivity index (χ2v) is 12.6. The molecule has 1 amide bonds. The molecule has 1 atom stereocenters. The number of aryl methyl sites for hydroxylation is 2. The third-order valence-electron chi connectivity index (χ3n) is 6.20. The Balaban J connectivity index is 2.41. The Morgan fingerprint density at radius 2 is 1.73 bits per heavy atom. The zero-order valence-electron chi connectivity index (χ0n) is 20.9. The zero-order chi connectivity index (χ0) is 25.2. The van der Waals surface area contributed by atoms with E-state index in [0.717, 1.165) is 46.4 Å². The first-order chi connectivity index (χ1) is 15.1. The molecular weight excluding hydrogens is 458 g/mol. The van der Waals surface area contributed by atoms with Gasteiger partial charge in [0.1, 0.15) is 12.4 Å². The summed E-state index contributed by atoms with van der Waals surface area (Å²) in [5.41, 5.74) is 2.28. The number of thiophene rings is 1. The van der Waals surface area contributed by atoms with E-state index in [1.165, 1.54) is 11.3 Å². The van der Waals surface area contributed by atoms with Crippen LogP contribution in [0.2, 0.25) is 0 Å². The molecule has 1 aromatic carbocycles. The highest BCUT2D eigenvalue weighted by molar-refractivity contribution is 7.89. The molecule has 0 spiro atoms. The van der Waals surface area contributed by atoms with E-state index in [2.05, 4.69) is 24.6 Å². The Morgan fingerprint density at radius 1 is 1.12 bits per heavy atom. The molecular formula is C25H37NO5S2. The fourth-order valence-corrected chi connectivity index (χ4v) is 5.76. The number of rotatable bonds is 9. The summed E-state index contributed by atoms with van der Waals surface area (Å²) in [5.74, 6) is 0.142. The van der Waals surface area contributed by atoms with Gasteiger partial charge in [0.2, 0.25) is 10.0 Å². The Hall–Kier alpha value is -1.90. The number of benzene rings is 1. The number of hydrogen-bond acceptors (Lipinski definition) is 6. The summed E-state index contributed by atoms with van der Waals surface area (Å²) < 4.78 is 31.0. The van der Waals surface area contributed by atoms with E-state index < -0.39 is 22.0 Å². The van der Waals surface area contributed by atoms with E-state index in [9.17, 15) is 18.3 Å². The lowest BCUT2D eigenvalue weighted by atomic mass is 9.74. The summed E-state index contributed by atoms with van der Waals surface area (Å²) in [6.45, 7) is 14.2. The summed E-state index contributed by atoms with van der Waals surface area (Å²) >= 11 is 1.35. The Kier molecular flexibility index (Phi) is 8.41. The molecule has 0 saturated heterocycles. The molecule has 6 nitrogen and oxygen atoms in total. The second kappa shape index (κ2) is 10.2. The largest absolute Gasteiger partial charge is 0.491 e. The minimum Gasteiger partial charge on any atom is -0.491 e. The summed E-state index contributed by atoms with van der Waals surface area (Å²) in [7, 11) is -3.63. The van der Waals surface area contributed by atoms with E-state index in [4.69, 9.17) is 4.74 Å². The van der Waals surface area contributed by atoms with Crippen molar-refractivity contribution in [1.82, 2.24) is 4.72 Å². The summed E-state index contributed by atoms with van der Waals surface area (Å²) in [6, 6.07) is 8.09. The molecule has 33 heavy (non-hydrogen) atoms. The number of sulfonamides is 1. The van der Waals surface area contributed by atoms with E-state index in [-0.39, 0.29) is 17.4 Å². The van der Waals surface area contributed by atoms with Crippen LogP contribution in [0.15, 0.2) is 24.3 Å². The average Bonchev–Trinajstić information content (AvgIpc) is 3.08. The van der Waals surface area contributed by atoms with Crippen molar-refractivity contribution in [3.05, 3.63) is 50.7 Å². The molecule has 0 radical (unpaired) electrons. The predicted molar refractivity (Wildman–Crippen MR) is 135 cm³/mol. The maximum atomic E-state index is 12.5. The monoisotopic (exact) mass is 495 g/mol. The van der Waals surface area contributed by atoms with Gasteiger partial charge in [-0.3, -0.25) is 4.79 Å². The second-order valence-electron chi connectivity index (χ2n) is 9.79. The van der Waals surface area contributed by atoms with E-state index in [1.54, 1.807) is 0 Å². The van der Waals surface area contributed by atoms with Gasteiger partial charge in [0.15, 0.2) is 0 Å². The van der Waals surface area contributed by atoms with Gasteiger partial charge in [0.05, 0.1) is 17.2 Å². The van der Waals surface area contributed by atoms with Crippen LogP contribution in [-0.2, 0) is 15.4 Å². The molecule has 1 aromatic heterocycles. The van der Waals surface area contributed by atoms with Gasteiger partial charge in [0, 0.05) is 10.3 Å². The van der Waals surface area contributed by atoms with Gasteiger partial charge in [-0.1, -0.05) is 46.8 Å². The topological polar surface area (TPSA) is 92.7 Å². The van der Waals surface area contributed by atoms with Crippen molar-refractivity contribution in [3.63, 3.8) is 0 Å². The molecule has 2 N–H and O–H groups in total. The highest BCUT2D eigenvalue weighted by Crippen LogP contribution is 2.44. The number of aliphatic hydroxyl groups is 1. The van der Waals surface area contributed by atoms with Crippen LogP contribution in [0, 0.1) is 19.3 Å². The average molecular weight is 496 g/mol. The Labute approximate surface area is 202 Å². The number of hydrogen-bond donors (Lipinski definition) is 2. The maximum Gasteiger partial charge on any atom is 0.275 e. The SMILES string of the molecule is CCC(CC)(c1ccc(OCC(O)C(C)(C)C)c(C)c1)c1cc(C)c(C(=O)NS(C)(=O)=O)s1. The van der Waals surface area contributed by atoms with Crippen molar-refractivity contribution in [3.8, 4) is 5.75 Å². The molecule has 0 aliphatic carbocycles. The van der Waals surface area contributed by atoms with Gasteiger partial charge in [0.25, 0.3) is 5.91 Å². The molecule has 184 valence electrons. The normalized spacial score (nSPS) is 13.6. The first kappa shape index (κ1) is 27.3. The van der Waals surface area contributed by atoms with Crippen LogP contribution in [-0.4, -0.2) is 38.4 Å². The molecule has 1 heterocycles. The lowest BCUT2D eigenvalue weighted by Gasteiger charge is -2.32. The zero-order valence-corrected chi connectivity index (χ0v) is 22.5. The van der Waals surface area contributed by atoms with Crippen LogP contribution in [0.4, 0.5) is 0 Å². The van der Waals surface area contributed by atoms with Crippen LogP contribution in [0.1, 0.15) is 78.7 Å². The van der Waals surface area contributed by atoms with Crippen LogP contribution in [0.5, 0.6) is 5.75 Å². The van der Waals surface area contributed by atoms with E-state index in [1.807, 2.05) is 52.8 Å². The smallest absolute Gasteiger partial charge is 0.275 e.